The van der Waals surface area contributed by atoms with Crippen LogP contribution in [0.3, 0.4) is 0 Å². The van der Waals surface area contributed by atoms with Crippen LogP contribution in [0.25, 0.3) is 0 Å². The van der Waals surface area contributed by atoms with Gasteiger partial charge in [-0.05, 0) is 30.2 Å². The minimum absolute atomic E-state index is 0.130. The summed E-state index contributed by atoms with van der Waals surface area (Å²) in [5, 5.41) is 0.687. The lowest BCUT2D eigenvalue weighted by atomic mass is 10.0. The largest absolute Gasteiger partial charge is 0.271 e. The van der Waals surface area contributed by atoms with Gasteiger partial charge in [-0.3, -0.25) is 11.3 Å². The highest BCUT2D eigenvalue weighted by Crippen LogP contribution is 2.36. The molecule has 19 heavy (non-hydrogen) atoms. The number of thiophene rings is 1. The first-order valence-electron chi connectivity index (χ1n) is 5.36. The average molecular weight is 401 g/mol. The molecule has 0 aliphatic carbocycles. The SMILES string of the molecule is NNC(Cc1ccc(Br)cc1Cl)c1cc(Cl)sc1Cl. The Kier molecular flexibility index (Phi) is 5.55. The van der Waals surface area contributed by atoms with Crippen LogP contribution in [0.2, 0.25) is 13.7 Å². The summed E-state index contributed by atoms with van der Waals surface area (Å²) in [5.74, 6) is 5.61. The molecule has 1 atom stereocenters. The van der Waals surface area contributed by atoms with Crippen molar-refractivity contribution in [2.45, 2.75) is 12.5 Å². The Bertz CT molecular complexity index is 588. The van der Waals surface area contributed by atoms with Crippen molar-refractivity contribution in [2.75, 3.05) is 0 Å². The van der Waals surface area contributed by atoms with E-state index in [9.17, 15) is 0 Å². The summed E-state index contributed by atoms with van der Waals surface area (Å²) in [4.78, 5) is 0. The zero-order chi connectivity index (χ0) is 14.0. The fourth-order valence-corrected chi connectivity index (χ4v) is 4.09. The second kappa shape index (κ2) is 6.76. The lowest BCUT2D eigenvalue weighted by molar-refractivity contribution is 0.554. The summed E-state index contributed by atoms with van der Waals surface area (Å²) in [5.41, 5.74) is 4.64. The van der Waals surface area contributed by atoms with E-state index in [1.807, 2.05) is 24.3 Å². The molecule has 2 nitrogen and oxygen atoms in total. The van der Waals surface area contributed by atoms with E-state index in [4.69, 9.17) is 40.6 Å². The Morgan fingerprint density at radius 3 is 2.53 bits per heavy atom. The van der Waals surface area contributed by atoms with E-state index >= 15 is 0 Å². The van der Waals surface area contributed by atoms with E-state index < -0.39 is 0 Å². The molecule has 1 aromatic carbocycles. The summed E-state index contributed by atoms with van der Waals surface area (Å²) >= 11 is 23.0. The monoisotopic (exact) mass is 398 g/mol. The first-order valence-corrected chi connectivity index (χ1v) is 8.10. The minimum atomic E-state index is -0.130. The van der Waals surface area contributed by atoms with E-state index in [1.54, 1.807) is 0 Å². The summed E-state index contributed by atoms with van der Waals surface area (Å²) in [6, 6.07) is 7.45. The zero-order valence-corrected chi connectivity index (χ0v) is 14.3. The van der Waals surface area contributed by atoms with Gasteiger partial charge in [0.05, 0.1) is 14.7 Å². The van der Waals surface area contributed by atoms with E-state index in [0.29, 0.717) is 20.1 Å². The number of hydrogen-bond acceptors (Lipinski definition) is 3. The van der Waals surface area contributed by atoms with Crippen LogP contribution in [0.1, 0.15) is 17.2 Å². The fourth-order valence-electron chi connectivity index (χ4n) is 1.76. The molecule has 3 N–H and O–H groups in total. The third kappa shape index (κ3) is 3.85. The predicted octanol–water partition coefficient (Wildman–Crippen LogP) is 5.22. The zero-order valence-electron chi connectivity index (χ0n) is 9.59. The lowest BCUT2D eigenvalue weighted by Gasteiger charge is -2.16. The third-order valence-electron chi connectivity index (χ3n) is 2.70. The Morgan fingerprint density at radius 1 is 1.26 bits per heavy atom. The number of hydrogen-bond donors (Lipinski definition) is 2. The second-order valence-electron chi connectivity index (χ2n) is 3.94. The van der Waals surface area contributed by atoms with Crippen molar-refractivity contribution in [2.24, 2.45) is 5.84 Å². The highest BCUT2D eigenvalue weighted by molar-refractivity contribution is 9.10. The van der Waals surface area contributed by atoms with Crippen LogP contribution in [-0.4, -0.2) is 0 Å². The van der Waals surface area contributed by atoms with E-state index in [0.717, 1.165) is 15.6 Å². The van der Waals surface area contributed by atoms with Crippen LogP contribution in [0.5, 0.6) is 0 Å². The standard InChI is InChI=1S/C12H10BrCl3N2S/c13-7-2-1-6(9(14)4-7)3-10(18-17)8-5-11(15)19-12(8)16/h1-2,4-5,10,18H,3,17H2. The van der Waals surface area contributed by atoms with Crippen molar-refractivity contribution in [3.63, 3.8) is 0 Å². The van der Waals surface area contributed by atoms with Gasteiger partial charge in [-0.2, -0.15) is 0 Å². The Hall–Kier alpha value is 0.190. The molecular formula is C12H10BrCl3N2S. The van der Waals surface area contributed by atoms with E-state index in [-0.39, 0.29) is 6.04 Å². The lowest BCUT2D eigenvalue weighted by Crippen LogP contribution is -2.29. The molecule has 0 fully saturated rings. The molecule has 0 spiro atoms. The van der Waals surface area contributed by atoms with Gasteiger partial charge in [0.2, 0.25) is 0 Å². The topological polar surface area (TPSA) is 38.0 Å². The van der Waals surface area contributed by atoms with Crippen LogP contribution >= 0.6 is 62.1 Å². The number of hydrazine groups is 1. The van der Waals surface area contributed by atoms with Crippen LogP contribution in [-0.2, 0) is 6.42 Å². The normalized spacial score (nSPS) is 12.7. The average Bonchev–Trinajstić information content (AvgIpc) is 2.68. The maximum absolute atomic E-state index is 6.21. The van der Waals surface area contributed by atoms with Crippen LogP contribution in [0.15, 0.2) is 28.7 Å². The molecule has 0 saturated heterocycles. The number of halogens is 4. The van der Waals surface area contributed by atoms with Gasteiger partial charge in [-0.25, -0.2) is 0 Å². The van der Waals surface area contributed by atoms with Gasteiger partial charge in [-0.15, -0.1) is 11.3 Å². The van der Waals surface area contributed by atoms with E-state index in [2.05, 4.69) is 21.4 Å². The molecule has 2 aromatic rings. The van der Waals surface area contributed by atoms with Gasteiger partial charge in [-0.1, -0.05) is 56.8 Å². The number of benzene rings is 1. The van der Waals surface area contributed by atoms with Crippen LogP contribution < -0.4 is 11.3 Å². The molecule has 0 amide bonds. The molecule has 102 valence electrons. The van der Waals surface area contributed by atoms with Gasteiger partial charge in [0, 0.05) is 15.1 Å². The Balaban J connectivity index is 2.26. The summed E-state index contributed by atoms with van der Waals surface area (Å²) in [7, 11) is 0. The molecular weight excluding hydrogens is 390 g/mol. The first kappa shape index (κ1) is 15.6. The number of rotatable bonds is 4. The number of nitrogens with two attached hydrogens (primary N) is 1. The summed E-state index contributed by atoms with van der Waals surface area (Å²) in [6.45, 7) is 0. The minimum Gasteiger partial charge on any atom is -0.271 e. The van der Waals surface area contributed by atoms with Gasteiger partial charge in [0.25, 0.3) is 0 Å². The molecule has 0 bridgehead atoms. The van der Waals surface area contributed by atoms with Crippen molar-refractivity contribution >= 4 is 62.1 Å². The Labute approximate surface area is 138 Å². The fraction of sp³-hybridized carbons (Fsp3) is 0.167. The van der Waals surface area contributed by atoms with Crippen molar-refractivity contribution in [1.29, 1.82) is 0 Å². The highest BCUT2D eigenvalue weighted by atomic mass is 79.9. The van der Waals surface area contributed by atoms with Gasteiger partial charge >= 0.3 is 0 Å². The molecule has 7 heteroatoms. The molecule has 1 unspecified atom stereocenters. The summed E-state index contributed by atoms with van der Waals surface area (Å²) in [6.07, 6.45) is 0.634. The predicted molar refractivity (Wildman–Crippen MR) is 87.3 cm³/mol. The van der Waals surface area contributed by atoms with Crippen molar-refractivity contribution in [1.82, 2.24) is 5.43 Å². The van der Waals surface area contributed by atoms with E-state index in [1.165, 1.54) is 11.3 Å². The molecule has 0 aliphatic rings. The van der Waals surface area contributed by atoms with Crippen molar-refractivity contribution < 1.29 is 0 Å². The quantitative estimate of drug-likeness (QED) is 0.546. The molecule has 0 saturated carbocycles. The molecule has 2 rings (SSSR count). The second-order valence-corrected chi connectivity index (χ2v) is 7.55. The molecule has 1 aromatic heterocycles. The third-order valence-corrected chi connectivity index (χ3v) is 5.06. The first-order chi connectivity index (χ1) is 9.01. The maximum Gasteiger partial charge on any atom is 0.0992 e. The number of nitrogens with one attached hydrogen (secondary N) is 1. The van der Waals surface area contributed by atoms with Gasteiger partial charge in [0.1, 0.15) is 0 Å². The molecule has 0 aliphatic heterocycles. The van der Waals surface area contributed by atoms with Crippen molar-refractivity contribution in [3.8, 4) is 0 Å². The van der Waals surface area contributed by atoms with Gasteiger partial charge in [0.15, 0.2) is 0 Å². The van der Waals surface area contributed by atoms with Crippen molar-refractivity contribution in [3.05, 3.63) is 53.6 Å². The Morgan fingerprint density at radius 2 is 2.00 bits per heavy atom. The highest BCUT2D eigenvalue weighted by Gasteiger charge is 2.18. The van der Waals surface area contributed by atoms with Crippen LogP contribution in [0.4, 0.5) is 0 Å². The smallest absolute Gasteiger partial charge is 0.0992 e. The van der Waals surface area contributed by atoms with Gasteiger partial charge < -0.3 is 0 Å². The molecule has 0 radical (unpaired) electrons. The molecule has 1 heterocycles. The summed E-state index contributed by atoms with van der Waals surface area (Å²) < 4.78 is 2.22. The maximum atomic E-state index is 6.21. The van der Waals surface area contributed by atoms with Crippen LogP contribution in [0, 0.1) is 0 Å².